The van der Waals surface area contributed by atoms with E-state index in [1.54, 1.807) is 12.1 Å². The van der Waals surface area contributed by atoms with Gasteiger partial charge in [0.2, 0.25) is 5.91 Å². The summed E-state index contributed by atoms with van der Waals surface area (Å²) in [5, 5.41) is 31.3. The summed E-state index contributed by atoms with van der Waals surface area (Å²) in [6.45, 7) is 0. The molecule has 0 saturated carbocycles. The number of hydrogen-bond donors (Lipinski definition) is 5. The summed E-state index contributed by atoms with van der Waals surface area (Å²) in [6, 6.07) is 9.54. The number of aromatic carboxylic acids is 1. The second-order valence-corrected chi connectivity index (χ2v) is 6.00. The minimum absolute atomic E-state index is 0.0490. The van der Waals surface area contributed by atoms with Crippen LogP contribution in [0.1, 0.15) is 27.5 Å². The third kappa shape index (κ3) is 3.49. The lowest BCUT2D eigenvalue weighted by atomic mass is 9.72. The average molecular weight is 356 g/mol. The van der Waals surface area contributed by atoms with E-state index in [1.165, 1.54) is 30.3 Å². The number of hydrogen-bond acceptors (Lipinski definition) is 6. The summed E-state index contributed by atoms with van der Waals surface area (Å²) in [4.78, 5) is 23.6. The number of phenols is 1. The maximum absolute atomic E-state index is 12.4. The maximum atomic E-state index is 12.4. The van der Waals surface area contributed by atoms with Crippen LogP contribution in [0, 0.1) is 0 Å². The van der Waals surface area contributed by atoms with Gasteiger partial charge >= 0.3 is 13.1 Å². The van der Waals surface area contributed by atoms with Gasteiger partial charge in [0.15, 0.2) is 0 Å². The highest BCUT2D eigenvalue weighted by Gasteiger charge is 2.38. The van der Waals surface area contributed by atoms with Crippen molar-refractivity contribution in [1.82, 2.24) is 5.32 Å². The molecule has 0 spiro atoms. The fourth-order valence-electron chi connectivity index (χ4n) is 2.82. The van der Waals surface area contributed by atoms with E-state index in [4.69, 9.17) is 10.4 Å². The van der Waals surface area contributed by atoms with Crippen LogP contribution in [0.4, 0.5) is 0 Å². The van der Waals surface area contributed by atoms with Crippen LogP contribution in [0.5, 0.6) is 11.5 Å². The number of rotatable bonds is 4. The quantitative estimate of drug-likeness (QED) is 0.494. The standard InChI is InChI=1S/C17H17BN2O6/c19-14(9-4-6-11(21)7-5-9)16(22)20-13-8-10-2-1-3-12(17(23)24)15(10)26-18(13)25/h1-7,13-14,21,25H,8,19H2,(H,20,22)(H,23,24)/t13-,14?/m0/s1. The Hall–Kier alpha value is -3.04. The summed E-state index contributed by atoms with van der Waals surface area (Å²) in [7, 11) is -1.40. The summed E-state index contributed by atoms with van der Waals surface area (Å²) < 4.78 is 5.33. The lowest BCUT2D eigenvalue weighted by Crippen LogP contribution is -2.54. The minimum Gasteiger partial charge on any atom is -0.534 e. The number of benzene rings is 2. The molecule has 0 bridgehead atoms. The van der Waals surface area contributed by atoms with Crippen LogP contribution in [0.15, 0.2) is 42.5 Å². The zero-order chi connectivity index (χ0) is 18.8. The van der Waals surface area contributed by atoms with Crippen molar-refractivity contribution >= 4 is 19.0 Å². The Kier molecular flexibility index (Phi) is 4.83. The molecule has 1 aliphatic rings. The predicted molar refractivity (Wildman–Crippen MR) is 92.7 cm³/mol. The molecule has 8 nitrogen and oxygen atoms in total. The predicted octanol–water partition coefficient (Wildman–Crippen LogP) is 0.230. The Morgan fingerprint density at radius 3 is 2.58 bits per heavy atom. The molecular formula is C17H17BN2O6. The largest absolute Gasteiger partial charge is 0.547 e. The van der Waals surface area contributed by atoms with Gasteiger partial charge in [-0.2, -0.15) is 0 Å². The highest BCUT2D eigenvalue weighted by Crippen LogP contribution is 2.30. The van der Waals surface area contributed by atoms with Crippen LogP contribution >= 0.6 is 0 Å². The number of carbonyl (C=O) groups is 2. The normalized spacial score (nSPS) is 17.0. The smallest absolute Gasteiger partial charge is 0.534 e. The number of nitrogens with one attached hydrogen (secondary N) is 1. The van der Waals surface area contributed by atoms with Gasteiger partial charge in [0.25, 0.3) is 0 Å². The molecule has 3 rings (SSSR count). The van der Waals surface area contributed by atoms with Crippen molar-refractivity contribution in [3.05, 3.63) is 59.2 Å². The molecule has 134 valence electrons. The third-order valence-electron chi connectivity index (χ3n) is 4.21. The van der Waals surface area contributed by atoms with Crippen molar-refractivity contribution in [1.29, 1.82) is 0 Å². The number of amides is 1. The van der Waals surface area contributed by atoms with Gasteiger partial charge in [-0.1, -0.05) is 24.3 Å². The van der Waals surface area contributed by atoms with Crippen molar-refractivity contribution in [3.63, 3.8) is 0 Å². The molecule has 1 amide bonds. The monoisotopic (exact) mass is 356 g/mol. The second-order valence-electron chi connectivity index (χ2n) is 6.00. The van der Waals surface area contributed by atoms with E-state index in [9.17, 15) is 24.8 Å². The molecule has 0 radical (unpaired) electrons. The zero-order valence-electron chi connectivity index (χ0n) is 13.6. The molecule has 9 heteroatoms. The number of carboxylic acids is 1. The van der Waals surface area contributed by atoms with Crippen LogP contribution in [0.25, 0.3) is 0 Å². The molecule has 0 saturated heterocycles. The SMILES string of the molecule is NC(C(=O)N[C@H]1Cc2cccc(C(=O)O)c2OB1O)c1ccc(O)cc1. The molecule has 0 aromatic heterocycles. The maximum Gasteiger partial charge on any atom is 0.547 e. The van der Waals surface area contributed by atoms with Gasteiger partial charge in [0.05, 0.1) is 11.5 Å². The van der Waals surface area contributed by atoms with Crippen LogP contribution in [-0.4, -0.2) is 40.2 Å². The molecule has 0 aliphatic carbocycles. The van der Waals surface area contributed by atoms with Gasteiger partial charge in [-0.3, -0.25) is 4.79 Å². The van der Waals surface area contributed by atoms with Crippen molar-refractivity contribution < 1.29 is 29.5 Å². The van der Waals surface area contributed by atoms with E-state index in [0.29, 0.717) is 11.1 Å². The Morgan fingerprint density at radius 1 is 1.23 bits per heavy atom. The molecule has 2 aromatic carbocycles. The van der Waals surface area contributed by atoms with Crippen LogP contribution in [0.2, 0.25) is 0 Å². The van der Waals surface area contributed by atoms with E-state index in [1.807, 2.05) is 0 Å². The number of carboxylic acid groups (broad SMARTS) is 1. The highest BCUT2D eigenvalue weighted by molar-refractivity contribution is 6.47. The Bertz CT molecular complexity index is 842. The Morgan fingerprint density at radius 2 is 1.92 bits per heavy atom. The third-order valence-corrected chi connectivity index (χ3v) is 4.21. The summed E-state index contributed by atoms with van der Waals surface area (Å²) >= 11 is 0. The molecule has 1 heterocycles. The Balaban J connectivity index is 1.74. The number of para-hydroxylation sites is 1. The lowest BCUT2D eigenvalue weighted by molar-refractivity contribution is -0.122. The molecule has 2 atom stereocenters. The first-order valence-corrected chi connectivity index (χ1v) is 7.91. The van der Waals surface area contributed by atoms with Gasteiger partial charge in [-0.15, -0.1) is 0 Å². The number of nitrogens with two attached hydrogens (primary N) is 1. The van der Waals surface area contributed by atoms with E-state index in [-0.39, 0.29) is 23.5 Å². The van der Waals surface area contributed by atoms with Crippen LogP contribution in [-0.2, 0) is 11.2 Å². The molecule has 0 fully saturated rings. The number of carbonyl (C=O) groups excluding carboxylic acids is 1. The van der Waals surface area contributed by atoms with E-state index in [0.717, 1.165) is 0 Å². The van der Waals surface area contributed by atoms with Gasteiger partial charge in [0, 0.05) is 0 Å². The lowest BCUT2D eigenvalue weighted by Gasteiger charge is -2.29. The van der Waals surface area contributed by atoms with E-state index < -0.39 is 31.0 Å². The highest BCUT2D eigenvalue weighted by atomic mass is 16.5. The van der Waals surface area contributed by atoms with Crippen molar-refractivity contribution in [3.8, 4) is 11.5 Å². The minimum atomic E-state index is -1.40. The second kappa shape index (κ2) is 7.07. The molecular weight excluding hydrogens is 339 g/mol. The first kappa shape index (κ1) is 17.8. The molecule has 26 heavy (non-hydrogen) atoms. The van der Waals surface area contributed by atoms with E-state index in [2.05, 4.69) is 5.32 Å². The average Bonchev–Trinajstić information content (AvgIpc) is 2.61. The zero-order valence-corrected chi connectivity index (χ0v) is 13.6. The fraction of sp³-hybridized carbons (Fsp3) is 0.176. The first-order valence-electron chi connectivity index (χ1n) is 7.91. The Labute approximate surface area is 149 Å². The summed E-state index contributed by atoms with van der Waals surface area (Å²) in [5.41, 5.74) is 6.94. The van der Waals surface area contributed by atoms with Crippen LogP contribution < -0.4 is 15.7 Å². The molecule has 2 aromatic rings. The van der Waals surface area contributed by atoms with Gasteiger partial charge in [-0.05, 0) is 35.7 Å². The number of phenolic OH excluding ortho intramolecular Hbond substituents is 1. The summed E-state index contributed by atoms with van der Waals surface area (Å²) in [6.07, 6.45) is 0.200. The summed E-state index contributed by atoms with van der Waals surface area (Å²) in [5.74, 6) is -2.31. The van der Waals surface area contributed by atoms with Crippen molar-refractivity contribution in [2.24, 2.45) is 5.73 Å². The van der Waals surface area contributed by atoms with E-state index >= 15 is 0 Å². The molecule has 1 aliphatic heterocycles. The molecule has 1 unspecified atom stereocenters. The van der Waals surface area contributed by atoms with Crippen LogP contribution in [0.3, 0.4) is 0 Å². The van der Waals surface area contributed by atoms with Crippen molar-refractivity contribution in [2.75, 3.05) is 0 Å². The molecule has 6 N–H and O–H groups in total. The number of fused-ring (bicyclic) bond motifs is 1. The fourth-order valence-corrected chi connectivity index (χ4v) is 2.82. The van der Waals surface area contributed by atoms with Gasteiger partial charge in [-0.25, -0.2) is 4.79 Å². The van der Waals surface area contributed by atoms with Gasteiger partial charge in [0.1, 0.15) is 17.5 Å². The topological polar surface area (TPSA) is 142 Å². The number of aromatic hydroxyl groups is 1. The van der Waals surface area contributed by atoms with Gasteiger partial charge < -0.3 is 30.9 Å². The van der Waals surface area contributed by atoms with Crippen molar-refractivity contribution in [2.45, 2.75) is 18.4 Å². The first-order chi connectivity index (χ1) is 12.4.